The van der Waals surface area contributed by atoms with Gasteiger partial charge in [0.05, 0.1) is 0 Å². The fourth-order valence-electron chi connectivity index (χ4n) is 2.44. The minimum atomic E-state index is 0.499. The highest BCUT2D eigenvalue weighted by molar-refractivity contribution is 9.07. The zero-order valence-electron chi connectivity index (χ0n) is 9.47. The van der Waals surface area contributed by atoms with Gasteiger partial charge in [0.2, 0.25) is 0 Å². The second-order valence-corrected chi connectivity index (χ2v) is 6.18. The first-order chi connectivity index (χ1) is 8.34. The number of benzene rings is 1. The first-order valence-corrected chi connectivity index (χ1v) is 7.50. The van der Waals surface area contributed by atoms with Gasteiger partial charge in [-0.05, 0) is 33.9 Å². The largest absolute Gasteiger partial charge is 0.241 e. The molecule has 3 heteroatoms. The highest BCUT2D eigenvalue weighted by atomic mass is 79.9. The Morgan fingerprint density at radius 3 is 2.82 bits per heavy atom. The SMILES string of the molecule is BrN1CCc2cscc2C(c2ccccc2)C1. The van der Waals surface area contributed by atoms with Gasteiger partial charge in [-0.1, -0.05) is 30.3 Å². The van der Waals surface area contributed by atoms with Crippen molar-refractivity contribution in [2.24, 2.45) is 0 Å². The van der Waals surface area contributed by atoms with E-state index in [-0.39, 0.29) is 0 Å². The van der Waals surface area contributed by atoms with Crippen molar-refractivity contribution < 1.29 is 0 Å². The molecular weight excluding hydrogens is 294 g/mol. The quantitative estimate of drug-likeness (QED) is 0.719. The molecule has 0 N–H and O–H groups in total. The van der Waals surface area contributed by atoms with E-state index < -0.39 is 0 Å². The van der Waals surface area contributed by atoms with Crippen molar-refractivity contribution in [1.82, 2.24) is 3.93 Å². The highest BCUT2D eigenvalue weighted by Gasteiger charge is 2.23. The van der Waals surface area contributed by atoms with Crippen molar-refractivity contribution in [1.29, 1.82) is 0 Å². The summed E-state index contributed by atoms with van der Waals surface area (Å²) in [5, 5.41) is 4.62. The van der Waals surface area contributed by atoms with E-state index in [0.29, 0.717) is 5.92 Å². The lowest BCUT2D eigenvalue weighted by Crippen LogP contribution is -2.18. The number of thiophene rings is 1. The predicted molar refractivity (Wildman–Crippen MR) is 76.8 cm³/mol. The third-order valence-corrected chi connectivity index (χ3v) is 4.81. The lowest BCUT2D eigenvalue weighted by molar-refractivity contribution is 0.487. The van der Waals surface area contributed by atoms with Crippen LogP contribution in [0.25, 0.3) is 0 Å². The van der Waals surface area contributed by atoms with Crippen LogP contribution in [0.4, 0.5) is 0 Å². The molecule has 0 amide bonds. The van der Waals surface area contributed by atoms with Crippen LogP contribution in [0.5, 0.6) is 0 Å². The van der Waals surface area contributed by atoms with Crippen LogP contribution < -0.4 is 0 Å². The smallest absolute Gasteiger partial charge is 0.0237 e. The van der Waals surface area contributed by atoms with Crippen molar-refractivity contribution >= 4 is 27.5 Å². The normalized spacial score (nSPS) is 20.9. The van der Waals surface area contributed by atoms with Crippen molar-refractivity contribution in [3.8, 4) is 0 Å². The van der Waals surface area contributed by atoms with Crippen molar-refractivity contribution in [2.75, 3.05) is 13.1 Å². The summed E-state index contributed by atoms with van der Waals surface area (Å²) >= 11 is 5.49. The van der Waals surface area contributed by atoms with Gasteiger partial charge in [-0.2, -0.15) is 11.3 Å². The molecule has 17 heavy (non-hydrogen) atoms. The molecule has 0 aliphatic carbocycles. The third kappa shape index (κ3) is 2.32. The molecule has 1 aromatic carbocycles. The average molecular weight is 308 g/mol. The fraction of sp³-hybridized carbons (Fsp3) is 0.286. The highest BCUT2D eigenvalue weighted by Crippen LogP contribution is 2.34. The summed E-state index contributed by atoms with van der Waals surface area (Å²) in [6, 6.07) is 10.8. The molecule has 0 saturated carbocycles. The molecule has 1 aromatic heterocycles. The van der Waals surface area contributed by atoms with Gasteiger partial charge in [-0.15, -0.1) is 0 Å². The van der Waals surface area contributed by atoms with E-state index in [9.17, 15) is 0 Å². The molecule has 2 heterocycles. The maximum Gasteiger partial charge on any atom is 0.0237 e. The molecule has 0 radical (unpaired) electrons. The second kappa shape index (κ2) is 4.92. The van der Waals surface area contributed by atoms with E-state index in [0.717, 1.165) is 19.5 Å². The Hall–Kier alpha value is -0.640. The van der Waals surface area contributed by atoms with E-state index in [2.05, 4.69) is 61.2 Å². The van der Waals surface area contributed by atoms with Crippen molar-refractivity contribution in [2.45, 2.75) is 12.3 Å². The van der Waals surface area contributed by atoms with Crippen LogP contribution >= 0.6 is 27.5 Å². The van der Waals surface area contributed by atoms with Gasteiger partial charge in [0.25, 0.3) is 0 Å². The van der Waals surface area contributed by atoms with E-state index >= 15 is 0 Å². The van der Waals surface area contributed by atoms with Crippen LogP contribution in [0.15, 0.2) is 41.1 Å². The number of fused-ring (bicyclic) bond motifs is 1. The minimum absolute atomic E-state index is 0.499. The molecule has 88 valence electrons. The summed E-state index contributed by atoms with van der Waals surface area (Å²) in [4.78, 5) is 0. The zero-order valence-corrected chi connectivity index (χ0v) is 11.9. The van der Waals surface area contributed by atoms with Gasteiger partial charge in [-0.3, -0.25) is 0 Å². The predicted octanol–water partition coefficient (Wildman–Crippen LogP) is 4.05. The number of nitrogens with zero attached hydrogens (tertiary/aromatic N) is 1. The van der Waals surface area contributed by atoms with E-state index in [1.165, 1.54) is 16.7 Å². The minimum Gasteiger partial charge on any atom is -0.241 e. The van der Waals surface area contributed by atoms with Gasteiger partial charge in [0.1, 0.15) is 0 Å². The molecule has 1 atom stereocenters. The molecule has 0 saturated heterocycles. The molecule has 1 unspecified atom stereocenters. The summed E-state index contributed by atoms with van der Waals surface area (Å²) in [7, 11) is 0. The van der Waals surface area contributed by atoms with Crippen molar-refractivity contribution in [3.05, 3.63) is 57.8 Å². The number of hydrogen-bond donors (Lipinski definition) is 0. The third-order valence-electron chi connectivity index (χ3n) is 3.36. The molecule has 3 rings (SSSR count). The molecular formula is C14H14BrNS. The number of rotatable bonds is 1. The maximum atomic E-state index is 3.66. The van der Waals surface area contributed by atoms with Crippen LogP contribution in [0.3, 0.4) is 0 Å². The first kappa shape index (κ1) is 11.5. The first-order valence-electron chi connectivity index (χ1n) is 5.85. The van der Waals surface area contributed by atoms with Crippen LogP contribution in [-0.2, 0) is 6.42 Å². The Morgan fingerprint density at radius 2 is 2.00 bits per heavy atom. The monoisotopic (exact) mass is 307 g/mol. The Balaban J connectivity index is 2.03. The lowest BCUT2D eigenvalue weighted by Gasteiger charge is -2.19. The summed E-state index contributed by atoms with van der Waals surface area (Å²) < 4.78 is 2.26. The number of halogens is 1. The van der Waals surface area contributed by atoms with Gasteiger partial charge in [0, 0.05) is 35.2 Å². The van der Waals surface area contributed by atoms with E-state index in [1.54, 1.807) is 0 Å². The number of hydrogen-bond acceptors (Lipinski definition) is 2. The lowest BCUT2D eigenvalue weighted by atomic mass is 9.91. The second-order valence-electron chi connectivity index (χ2n) is 4.43. The van der Waals surface area contributed by atoms with Crippen LogP contribution in [0.1, 0.15) is 22.6 Å². The van der Waals surface area contributed by atoms with Crippen LogP contribution in [-0.4, -0.2) is 17.0 Å². The van der Waals surface area contributed by atoms with E-state index in [4.69, 9.17) is 0 Å². The molecule has 1 aliphatic rings. The topological polar surface area (TPSA) is 3.24 Å². The van der Waals surface area contributed by atoms with Gasteiger partial charge >= 0.3 is 0 Å². The zero-order chi connectivity index (χ0) is 11.7. The Labute approximate surface area is 114 Å². The molecule has 1 nitrogen and oxygen atoms in total. The standard InChI is InChI=1S/C14H14BrNS/c15-16-7-6-12-9-17-10-14(12)13(8-16)11-4-2-1-3-5-11/h1-5,9-10,13H,6-8H2. The van der Waals surface area contributed by atoms with Gasteiger partial charge in [-0.25, -0.2) is 3.93 Å². The van der Waals surface area contributed by atoms with Crippen LogP contribution in [0, 0.1) is 0 Å². The summed E-state index contributed by atoms with van der Waals surface area (Å²) in [5.74, 6) is 0.499. The molecule has 0 spiro atoms. The summed E-state index contributed by atoms with van der Waals surface area (Å²) in [6.07, 6.45) is 1.15. The molecule has 0 bridgehead atoms. The Morgan fingerprint density at radius 1 is 1.18 bits per heavy atom. The molecule has 1 aliphatic heterocycles. The Kier molecular flexibility index (Phi) is 3.32. The average Bonchev–Trinajstić information content (AvgIpc) is 2.77. The van der Waals surface area contributed by atoms with Gasteiger partial charge in [0.15, 0.2) is 0 Å². The fourth-order valence-corrected chi connectivity index (χ4v) is 3.86. The summed E-state index contributed by atoms with van der Waals surface area (Å²) in [6.45, 7) is 2.14. The molecule has 0 fully saturated rings. The summed E-state index contributed by atoms with van der Waals surface area (Å²) in [5.41, 5.74) is 4.45. The molecule has 2 aromatic rings. The van der Waals surface area contributed by atoms with E-state index in [1.807, 2.05) is 11.3 Å². The van der Waals surface area contributed by atoms with Crippen LogP contribution in [0.2, 0.25) is 0 Å². The Bertz CT molecular complexity index is 494. The van der Waals surface area contributed by atoms with Crippen molar-refractivity contribution in [3.63, 3.8) is 0 Å². The van der Waals surface area contributed by atoms with Gasteiger partial charge < -0.3 is 0 Å². The maximum absolute atomic E-state index is 3.66.